The van der Waals surface area contributed by atoms with E-state index in [9.17, 15) is 14.4 Å². The maximum atomic E-state index is 12.5. The van der Waals surface area contributed by atoms with E-state index in [0.29, 0.717) is 40.0 Å². The van der Waals surface area contributed by atoms with Crippen LogP contribution in [0, 0.1) is 0 Å². The van der Waals surface area contributed by atoms with Crippen LogP contribution in [-0.2, 0) is 0 Å². The average molecular weight is 376 g/mol. The number of hydrogen-bond donors (Lipinski definition) is 0. The predicted octanol–water partition coefficient (Wildman–Crippen LogP) is 4.17. The van der Waals surface area contributed by atoms with E-state index in [1.54, 1.807) is 30.3 Å². The highest BCUT2D eigenvalue weighted by molar-refractivity contribution is 5.97. The van der Waals surface area contributed by atoms with E-state index in [2.05, 4.69) is 0 Å². The second-order valence-electron chi connectivity index (χ2n) is 6.34. The molecule has 0 bridgehead atoms. The maximum Gasteiger partial charge on any atom is 0.347 e. The number of rotatable bonds is 4. The molecule has 6 nitrogen and oxygen atoms in total. The summed E-state index contributed by atoms with van der Waals surface area (Å²) in [5.41, 5.74) is 0.538. The standard InChI is InChI=1S/C22H16O6/c1-3-26-16-6-4-14-9-18(22(25)28-20(14)11-16)13-5-7-19-15(8-13)10-17(12(2)23)21(24)27-19/h4-11H,3H2,1-2H3. The van der Waals surface area contributed by atoms with Crippen LogP contribution in [0.25, 0.3) is 33.1 Å². The van der Waals surface area contributed by atoms with E-state index in [4.69, 9.17) is 13.6 Å². The Balaban J connectivity index is 1.87. The lowest BCUT2D eigenvalue weighted by atomic mass is 10.0. The Morgan fingerprint density at radius 1 is 0.893 bits per heavy atom. The first-order valence-corrected chi connectivity index (χ1v) is 8.76. The van der Waals surface area contributed by atoms with Gasteiger partial charge in [0.2, 0.25) is 0 Å². The molecular weight excluding hydrogens is 360 g/mol. The summed E-state index contributed by atoms with van der Waals surface area (Å²) in [4.78, 5) is 36.0. The summed E-state index contributed by atoms with van der Waals surface area (Å²) in [7, 11) is 0. The van der Waals surface area contributed by atoms with Crippen molar-refractivity contribution in [3.63, 3.8) is 0 Å². The molecule has 28 heavy (non-hydrogen) atoms. The van der Waals surface area contributed by atoms with Crippen LogP contribution in [0.5, 0.6) is 5.75 Å². The molecule has 0 saturated heterocycles. The summed E-state index contributed by atoms with van der Waals surface area (Å²) in [6.07, 6.45) is 0. The van der Waals surface area contributed by atoms with Crippen LogP contribution < -0.4 is 16.0 Å². The molecule has 0 atom stereocenters. The summed E-state index contributed by atoms with van der Waals surface area (Å²) < 4.78 is 16.1. The van der Waals surface area contributed by atoms with Crippen LogP contribution in [0.15, 0.2) is 67.0 Å². The Morgan fingerprint density at radius 3 is 2.43 bits per heavy atom. The molecule has 0 aliphatic carbocycles. The minimum absolute atomic E-state index is 0.0290. The van der Waals surface area contributed by atoms with Gasteiger partial charge in [0.1, 0.15) is 22.5 Å². The first-order chi connectivity index (χ1) is 13.5. The predicted molar refractivity (Wildman–Crippen MR) is 105 cm³/mol. The summed E-state index contributed by atoms with van der Waals surface area (Å²) in [6, 6.07) is 13.5. The van der Waals surface area contributed by atoms with E-state index >= 15 is 0 Å². The fraction of sp³-hybridized carbons (Fsp3) is 0.136. The normalized spacial score (nSPS) is 11.1. The monoisotopic (exact) mass is 376 g/mol. The molecule has 0 saturated carbocycles. The molecule has 6 heteroatoms. The largest absolute Gasteiger partial charge is 0.494 e. The van der Waals surface area contributed by atoms with Crippen molar-refractivity contribution in [2.75, 3.05) is 6.61 Å². The third-order valence-corrected chi connectivity index (χ3v) is 4.44. The molecule has 0 N–H and O–H groups in total. The molecule has 0 aliphatic heterocycles. The van der Waals surface area contributed by atoms with E-state index in [-0.39, 0.29) is 11.3 Å². The van der Waals surface area contributed by atoms with Crippen LogP contribution in [-0.4, -0.2) is 12.4 Å². The Hall–Kier alpha value is -3.67. The molecule has 2 heterocycles. The van der Waals surface area contributed by atoms with Crippen molar-refractivity contribution in [3.8, 4) is 16.9 Å². The van der Waals surface area contributed by atoms with Crippen molar-refractivity contribution in [3.05, 3.63) is 74.9 Å². The van der Waals surface area contributed by atoms with Crippen LogP contribution in [0.2, 0.25) is 0 Å². The molecule has 140 valence electrons. The van der Waals surface area contributed by atoms with Gasteiger partial charge in [0.25, 0.3) is 0 Å². The zero-order valence-electron chi connectivity index (χ0n) is 15.3. The zero-order valence-corrected chi connectivity index (χ0v) is 15.3. The van der Waals surface area contributed by atoms with Crippen LogP contribution in [0.3, 0.4) is 0 Å². The first kappa shape index (κ1) is 17.7. The van der Waals surface area contributed by atoms with Gasteiger partial charge in [0, 0.05) is 16.8 Å². The van der Waals surface area contributed by atoms with Gasteiger partial charge in [0.15, 0.2) is 5.78 Å². The highest BCUT2D eigenvalue weighted by Crippen LogP contribution is 2.26. The topological polar surface area (TPSA) is 86.7 Å². The first-order valence-electron chi connectivity index (χ1n) is 8.76. The molecule has 0 amide bonds. The maximum absolute atomic E-state index is 12.5. The molecular formula is C22H16O6. The minimum Gasteiger partial charge on any atom is -0.494 e. The molecule has 2 aromatic carbocycles. The molecule has 0 aliphatic rings. The van der Waals surface area contributed by atoms with Crippen LogP contribution in [0.1, 0.15) is 24.2 Å². The number of ether oxygens (including phenoxy) is 1. The quantitative estimate of drug-likeness (QED) is 0.392. The van der Waals surface area contributed by atoms with Crippen molar-refractivity contribution >= 4 is 27.7 Å². The lowest BCUT2D eigenvalue weighted by Crippen LogP contribution is -2.11. The summed E-state index contributed by atoms with van der Waals surface area (Å²) in [6.45, 7) is 3.70. The van der Waals surface area contributed by atoms with Crippen molar-refractivity contribution in [2.24, 2.45) is 0 Å². The Kier molecular flexibility index (Phi) is 4.31. The van der Waals surface area contributed by atoms with Gasteiger partial charge in [-0.25, -0.2) is 9.59 Å². The van der Waals surface area contributed by atoms with Gasteiger partial charge in [-0.05, 0) is 55.8 Å². The van der Waals surface area contributed by atoms with Crippen molar-refractivity contribution in [1.82, 2.24) is 0 Å². The van der Waals surface area contributed by atoms with Gasteiger partial charge in [0.05, 0.1) is 12.2 Å². The number of benzene rings is 2. The number of hydrogen-bond acceptors (Lipinski definition) is 6. The number of fused-ring (bicyclic) bond motifs is 2. The van der Waals surface area contributed by atoms with Gasteiger partial charge in [-0.2, -0.15) is 0 Å². The van der Waals surface area contributed by atoms with E-state index in [1.807, 2.05) is 19.1 Å². The molecule has 0 fully saturated rings. The second-order valence-corrected chi connectivity index (χ2v) is 6.34. The Bertz CT molecular complexity index is 1340. The van der Waals surface area contributed by atoms with Crippen LogP contribution in [0.4, 0.5) is 0 Å². The fourth-order valence-electron chi connectivity index (χ4n) is 3.09. The highest BCUT2D eigenvalue weighted by atomic mass is 16.5. The zero-order chi connectivity index (χ0) is 19.8. The summed E-state index contributed by atoms with van der Waals surface area (Å²) in [5, 5.41) is 1.30. The molecule has 0 unspecified atom stereocenters. The molecule has 0 spiro atoms. The molecule has 2 aromatic heterocycles. The number of ketones is 1. The van der Waals surface area contributed by atoms with Gasteiger partial charge >= 0.3 is 11.3 Å². The Morgan fingerprint density at radius 2 is 1.68 bits per heavy atom. The van der Waals surface area contributed by atoms with Gasteiger partial charge in [-0.1, -0.05) is 6.07 Å². The molecule has 0 radical (unpaired) electrons. The number of Topliss-reactive ketones (excluding diaryl/α,β-unsaturated/α-hetero) is 1. The minimum atomic E-state index is -0.678. The molecule has 4 aromatic rings. The van der Waals surface area contributed by atoms with E-state index < -0.39 is 11.3 Å². The lowest BCUT2D eigenvalue weighted by Gasteiger charge is -2.07. The van der Waals surface area contributed by atoms with Crippen molar-refractivity contribution in [1.29, 1.82) is 0 Å². The van der Waals surface area contributed by atoms with E-state index in [1.165, 1.54) is 13.0 Å². The fourth-order valence-corrected chi connectivity index (χ4v) is 3.09. The summed E-state index contributed by atoms with van der Waals surface area (Å²) >= 11 is 0. The van der Waals surface area contributed by atoms with Crippen molar-refractivity contribution < 1.29 is 18.4 Å². The number of carbonyl (C=O) groups is 1. The van der Waals surface area contributed by atoms with Crippen LogP contribution >= 0.6 is 0 Å². The average Bonchev–Trinajstić information content (AvgIpc) is 2.66. The van der Waals surface area contributed by atoms with E-state index in [0.717, 1.165) is 5.39 Å². The SMILES string of the molecule is CCOc1ccc2cc(-c3ccc4oc(=O)c(C(C)=O)cc4c3)c(=O)oc2c1. The van der Waals surface area contributed by atoms with Gasteiger partial charge in [-0.15, -0.1) is 0 Å². The third kappa shape index (κ3) is 3.09. The highest BCUT2D eigenvalue weighted by Gasteiger charge is 2.13. The number of carbonyl (C=O) groups excluding carboxylic acids is 1. The Labute approximate surface area is 159 Å². The lowest BCUT2D eigenvalue weighted by molar-refractivity contribution is 0.101. The van der Waals surface area contributed by atoms with Crippen molar-refractivity contribution in [2.45, 2.75) is 13.8 Å². The van der Waals surface area contributed by atoms with Gasteiger partial charge < -0.3 is 13.6 Å². The molecule has 4 rings (SSSR count). The van der Waals surface area contributed by atoms with Gasteiger partial charge in [-0.3, -0.25) is 4.79 Å². The second kappa shape index (κ2) is 6.81. The smallest absolute Gasteiger partial charge is 0.347 e. The summed E-state index contributed by atoms with van der Waals surface area (Å²) in [5.74, 6) is 0.250. The third-order valence-electron chi connectivity index (χ3n) is 4.44.